The lowest BCUT2D eigenvalue weighted by molar-refractivity contribution is -0.154. The summed E-state index contributed by atoms with van der Waals surface area (Å²) in [4.78, 5) is 32.0. The number of anilines is 1. The van der Waals surface area contributed by atoms with Crippen LogP contribution in [0.2, 0.25) is 0 Å². The van der Waals surface area contributed by atoms with E-state index in [1.54, 1.807) is 26.8 Å². The van der Waals surface area contributed by atoms with Gasteiger partial charge in [0.1, 0.15) is 5.82 Å². The number of hydrogen-bond donors (Lipinski definition) is 2. The molecule has 2 rings (SSSR count). The molecule has 156 valence electrons. The minimum Gasteiger partial charge on any atom is -0.468 e. The van der Waals surface area contributed by atoms with Crippen LogP contribution in [0.15, 0.2) is 24.4 Å². The highest BCUT2D eigenvalue weighted by Crippen LogP contribution is 2.19. The number of rotatable bonds is 7. The second-order valence-electron chi connectivity index (χ2n) is 6.32. The molecule has 2 amide bonds. The Balaban J connectivity index is 2.02. The van der Waals surface area contributed by atoms with Crippen molar-refractivity contribution >= 4 is 17.6 Å². The zero-order chi connectivity index (χ0) is 21.6. The van der Waals surface area contributed by atoms with Crippen LogP contribution in [0.25, 0.3) is 0 Å². The maximum absolute atomic E-state index is 12.4. The number of nitrogens with one attached hydrogen (secondary N) is 2. The van der Waals surface area contributed by atoms with Gasteiger partial charge in [-0.15, -0.1) is 0 Å². The van der Waals surface area contributed by atoms with E-state index in [9.17, 15) is 22.8 Å². The molecule has 0 saturated heterocycles. The van der Waals surface area contributed by atoms with Crippen molar-refractivity contribution in [2.45, 2.75) is 39.9 Å². The van der Waals surface area contributed by atoms with Gasteiger partial charge in [0.05, 0.1) is 0 Å². The quantitative estimate of drug-likeness (QED) is 0.731. The number of amides is 2. The van der Waals surface area contributed by atoms with Crippen molar-refractivity contribution < 1.29 is 27.5 Å². The van der Waals surface area contributed by atoms with Crippen LogP contribution >= 0.6 is 0 Å². The smallest absolute Gasteiger partial charge is 0.422 e. The summed E-state index contributed by atoms with van der Waals surface area (Å²) in [6.07, 6.45) is -2.81. The molecule has 0 spiro atoms. The van der Waals surface area contributed by atoms with Gasteiger partial charge < -0.3 is 15.4 Å². The minimum atomic E-state index is -4.44. The molecule has 10 heteroatoms. The van der Waals surface area contributed by atoms with E-state index in [-0.39, 0.29) is 36.5 Å². The summed E-state index contributed by atoms with van der Waals surface area (Å²) in [7, 11) is 0. The van der Waals surface area contributed by atoms with E-state index >= 15 is 0 Å². The molecular weight excluding hydrogens is 389 g/mol. The van der Waals surface area contributed by atoms with Crippen molar-refractivity contribution in [2.24, 2.45) is 0 Å². The predicted molar refractivity (Wildman–Crippen MR) is 99.6 cm³/mol. The Kier molecular flexibility index (Phi) is 7.13. The predicted octanol–water partition coefficient (Wildman–Crippen LogP) is 3.31. The van der Waals surface area contributed by atoms with Gasteiger partial charge in [0.25, 0.3) is 5.91 Å². The van der Waals surface area contributed by atoms with Crippen LogP contribution in [0, 0.1) is 13.8 Å². The lowest BCUT2D eigenvalue weighted by Crippen LogP contribution is -2.24. The number of carbonyl (C=O) groups is 2. The van der Waals surface area contributed by atoms with Crippen molar-refractivity contribution in [1.29, 1.82) is 0 Å². The summed E-state index contributed by atoms with van der Waals surface area (Å²) in [5, 5.41) is 5.32. The normalized spacial score (nSPS) is 11.1. The average molecular weight is 410 g/mol. The summed E-state index contributed by atoms with van der Waals surface area (Å²) >= 11 is 0. The van der Waals surface area contributed by atoms with E-state index in [1.165, 1.54) is 18.3 Å². The van der Waals surface area contributed by atoms with Gasteiger partial charge in [-0.25, -0.2) is 9.97 Å². The van der Waals surface area contributed by atoms with Crippen molar-refractivity contribution in [3.63, 3.8) is 0 Å². The fourth-order valence-corrected chi connectivity index (χ4v) is 2.35. The van der Waals surface area contributed by atoms with E-state index in [0.29, 0.717) is 22.4 Å². The fraction of sp³-hybridized carbons (Fsp3) is 0.368. The van der Waals surface area contributed by atoms with Gasteiger partial charge >= 0.3 is 6.18 Å². The van der Waals surface area contributed by atoms with Crippen molar-refractivity contribution in [1.82, 2.24) is 15.3 Å². The Morgan fingerprint density at radius 3 is 2.52 bits per heavy atom. The zero-order valence-corrected chi connectivity index (χ0v) is 16.2. The highest BCUT2D eigenvalue weighted by molar-refractivity contribution is 5.96. The number of halogens is 3. The standard InChI is InChI=1S/C19H21F3N4O3/c1-4-16(27)26-15-7-13(6-12(3)25-15)18(28)24-9-14-8-23-17(5-11(14)2)29-10-19(20,21)22/h5-8H,4,9-10H2,1-3H3,(H,24,28)(H,25,26,27). The Morgan fingerprint density at radius 2 is 1.90 bits per heavy atom. The van der Waals surface area contributed by atoms with Crippen LogP contribution in [0.5, 0.6) is 5.88 Å². The second-order valence-corrected chi connectivity index (χ2v) is 6.32. The first-order valence-electron chi connectivity index (χ1n) is 8.79. The number of alkyl halides is 3. The van der Waals surface area contributed by atoms with E-state index in [0.717, 1.165) is 0 Å². The summed E-state index contributed by atoms with van der Waals surface area (Å²) < 4.78 is 41.2. The fourth-order valence-electron chi connectivity index (χ4n) is 2.35. The third-order valence-electron chi connectivity index (χ3n) is 3.82. The Bertz CT molecular complexity index is 901. The Morgan fingerprint density at radius 1 is 1.17 bits per heavy atom. The van der Waals surface area contributed by atoms with E-state index < -0.39 is 12.8 Å². The van der Waals surface area contributed by atoms with Crippen molar-refractivity contribution in [3.05, 3.63) is 46.8 Å². The molecule has 7 nitrogen and oxygen atoms in total. The van der Waals surface area contributed by atoms with E-state index in [1.807, 2.05) is 0 Å². The highest BCUT2D eigenvalue weighted by Gasteiger charge is 2.28. The number of carbonyl (C=O) groups excluding carboxylic acids is 2. The van der Waals surface area contributed by atoms with Crippen LogP contribution < -0.4 is 15.4 Å². The minimum absolute atomic E-state index is 0.120. The molecule has 0 aromatic carbocycles. The zero-order valence-electron chi connectivity index (χ0n) is 16.2. The molecule has 29 heavy (non-hydrogen) atoms. The highest BCUT2D eigenvalue weighted by atomic mass is 19.4. The molecule has 2 aromatic heterocycles. The molecule has 2 N–H and O–H groups in total. The number of ether oxygens (including phenoxy) is 1. The summed E-state index contributed by atoms with van der Waals surface area (Å²) in [5.41, 5.74) is 2.13. The molecule has 0 aliphatic rings. The molecule has 0 saturated carbocycles. The largest absolute Gasteiger partial charge is 0.468 e. The number of hydrogen-bond acceptors (Lipinski definition) is 5. The van der Waals surface area contributed by atoms with Gasteiger partial charge in [-0.1, -0.05) is 6.92 Å². The lowest BCUT2D eigenvalue weighted by Gasteiger charge is -2.12. The molecule has 0 atom stereocenters. The van der Waals surface area contributed by atoms with Crippen molar-refractivity contribution in [3.8, 4) is 5.88 Å². The monoisotopic (exact) mass is 410 g/mol. The van der Waals surface area contributed by atoms with Gasteiger partial charge in [-0.3, -0.25) is 9.59 Å². The average Bonchev–Trinajstić information content (AvgIpc) is 2.64. The maximum atomic E-state index is 12.4. The SMILES string of the molecule is CCC(=O)Nc1cc(C(=O)NCc2cnc(OCC(F)(F)F)cc2C)cc(C)n1. The van der Waals surface area contributed by atoms with E-state index in [4.69, 9.17) is 0 Å². The van der Waals surface area contributed by atoms with Crippen LogP contribution in [-0.2, 0) is 11.3 Å². The molecule has 0 unspecified atom stereocenters. The molecule has 0 fully saturated rings. The van der Waals surface area contributed by atoms with Gasteiger partial charge in [-0.05, 0) is 37.1 Å². The molecule has 0 aliphatic heterocycles. The van der Waals surface area contributed by atoms with Gasteiger partial charge in [-0.2, -0.15) is 13.2 Å². The summed E-state index contributed by atoms with van der Waals surface area (Å²) in [6.45, 7) is 3.78. The van der Waals surface area contributed by atoms with Crippen molar-refractivity contribution in [2.75, 3.05) is 11.9 Å². The number of aromatic nitrogens is 2. The van der Waals surface area contributed by atoms with Crippen LogP contribution in [0.1, 0.15) is 40.5 Å². The number of nitrogens with zero attached hydrogens (tertiary/aromatic N) is 2. The molecule has 2 aromatic rings. The topological polar surface area (TPSA) is 93.2 Å². The molecule has 2 heterocycles. The molecular formula is C19H21F3N4O3. The van der Waals surface area contributed by atoms with Crippen LogP contribution in [0.4, 0.5) is 19.0 Å². The van der Waals surface area contributed by atoms with Crippen LogP contribution in [0.3, 0.4) is 0 Å². The first kappa shape index (κ1) is 22.1. The summed E-state index contributed by atoms with van der Waals surface area (Å²) in [5.74, 6) is -0.467. The molecule has 0 aliphatic carbocycles. The lowest BCUT2D eigenvalue weighted by atomic mass is 10.1. The molecule has 0 radical (unpaired) electrons. The number of aryl methyl sites for hydroxylation is 2. The maximum Gasteiger partial charge on any atom is 0.422 e. The Labute approximate surface area is 165 Å². The van der Waals surface area contributed by atoms with E-state index in [2.05, 4.69) is 25.3 Å². The first-order valence-corrected chi connectivity index (χ1v) is 8.79. The van der Waals surface area contributed by atoms with Crippen LogP contribution in [-0.4, -0.2) is 34.6 Å². The Hall–Kier alpha value is -3.17. The number of pyridine rings is 2. The van der Waals surface area contributed by atoms with Gasteiger partial charge in [0.2, 0.25) is 11.8 Å². The first-order chi connectivity index (χ1) is 13.6. The third kappa shape index (κ3) is 7.05. The van der Waals surface area contributed by atoms with Gasteiger partial charge in [0.15, 0.2) is 6.61 Å². The molecule has 0 bridgehead atoms. The second kappa shape index (κ2) is 9.35. The van der Waals surface area contributed by atoms with Gasteiger partial charge in [0, 0.05) is 36.5 Å². The summed E-state index contributed by atoms with van der Waals surface area (Å²) in [6, 6.07) is 4.42. The third-order valence-corrected chi connectivity index (χ3v) is 3.82.